The van der Waals surface area contributed by atoms with Gasteiger partial charge in [-0.15, -0.1) is 11.3 Å². The number of piperidine rings is 1. The number of hydrogen-bond donors (Lipinski definition) is 1. The highest BCUT2D eigenvalue weighted by atomic mass is 32.1. The minimum absolute atomic E-state index is 0.892. The molecule has 2 aliphatic rings. The van der Waals surface area contributed by atoms with Crippen molar-refractivity contribution in [3.63, 3.8) is 0 Å². The molecular weight excluding hydrogens is 189 g/mol. The number of hydrogen-bond acceptors (Lipinski definition) is 2. The molecule has 1 aromatic rings. The van der Waals surface area contributed by atoms with Gasteiger partial charge in [0.05, 0.1) is 0 Å². The van der Waals surface area contributed by atoms with E-state index < -0.39 is 0 Å². The second kappa shape index (κ2) is 3.11. The van der Waals surface area contributed by atoms with E-state index in [1.54, 1.807) is 20.8 Å². The van der Waals surface area contributed by atoms with Gasteiger partial charge in [-0.25, -0.2) is 0 Å². The summed E-state index contributed by atoms with van der Waals surface area (Å²) in [5, 5.41) is 3.52. The van der Waals surface area contributed by atoms with Crippen molar-refractivity contribution < 1.29 is 0 Å². The lowest BCUT2D eigenvalue weighted by Crippen LogP contribution is -2.33. The lowest BCUT2D eigenvalue weighted by Gasteiger charge is -2.26. The van der Waals surface area contributed by atoms with Crippen LogP contribution >= 0.6 is 11.3 Å². The minimum Gasteiger partial charge on any atom is -0.316 e. The van der Waals surface area contributed by atoms with Crippen molar-refractivity contribution in [3.05, 3.63) is 15.3 Å². The molecule has 14 heavy (non-hydrogen) atoms. The van der Waals surface area contributed by atoms with Gasteiger partial charge in [-0.05, 0) is 55.1 Å². The van der Waals surface area contributed by atoms with Crippen molar-refractivity contribution >= 4 is 24.6 Å². The molecule has 3 heteroatoms. The summed E-state index contributed by atoms with van der Waals surface area (Å²) in [6.45, 7) is 4.73. The molecule has 1 N–H and O–H groups in total. The number of nitrogens with one attached hydrogen (secondary N) is 1. The predicted molar refractivity (Wildman–Crippen MR) is 64.7 cm³/mol. The normalized spacial score (nSPS) is 30.1. The van der Waals surface area contributed by atoms with Crippen LogP contribution in [0.3, 0.4) is 0 Å². The molecule has 1 fully saturated rings. The first-order valence-electron chi connectivity index (χ1n) is 5.57. The maximum atomic E-state index is 3.52. The summed E-state index contributed by atoms with van der Waals surface area (Å²) in [5.74, 6) is 1.80. The largest absolute Gasteiger partial charge is 0.316 e. The molecule has 0 saturated carbocycles. The van der Waals surface area contributed by atoms with E-state index in [0.717, 1.165) is 11.8 Å². The number of fused-ring (bicyclic) bond motifs is 3. The van der Waals surface area contributed by atoms with E-state index in [9.17, 15) is 0 Å². The lowest BCUT2D eigenvalue weighted by molar-refractivity contribution is 0.352. The Morgan fingerprint density at radius 1 is 1.50 bits per heavy atom. The molecule has 1 saturated heterocycles. The first-order chi connectivity index (χ1) is 6.77. The zero-order valence-electron chi connectivity index (χ0n) is 8.89. The zero-order valence-corrected chi connectivity index (χ0v) is 9.71. The topological polar surface area (TPSA) is 12.0 Å². The van der Waals surface area contributed by atoms with Crippen LogP contribution in [0.5, 0.6) is 0 Å². The van der Waals surface area contributed by atoms with Gasteiger partial charge in [0, 0.05) is 4.88 Å². The number of rotatable bonds is 0. The number of aryl methyl sites for hydroxylation is 1. The third-order valence-electron chi connectivity index (χ3n) is 3.95. The van der Waals surface area contributed by atoms with Crippen LogP contribution in [-0.2, 0) is 6.42 Å². The lowest BCUT2D eigenvalue weighted by atomic mass is 9.89. The van der Waals surface area contributed by atoms with Crippen LogP contribution in [0.15, 0.2) is 0 Å². The van der Waals surface area contributed by atoms with Gasteiger partial charge in [0.1, 0.15) is 7.85 Å². The maximum Gasteiger partial charge on any atom is 0.141 e. The third-order valence-corrected chi connectivity index (χ3v) is 5.33. The van der Waals surface area contributed by atoms with E-state index in [1.165, 1.54) is 25.9 Å². The standard InChI is InChI=1S/C11H16BNS/c1-6-10(12)9-4-7-5-13-3-2-8(7)11(9)14-6/h7-8,13H,2-5,12H2,1H3. The highest BCUT2D eigenvalue weighted by Gasteiger charge is 2.36. The Kier molecular flexibility index (Phi) is 2.00. The third kappa shape index (κ3) is 1.12. The molecule has 2 heterocycles. The van der Waals surface area contributed by atoms with Gasteiger partial charge in [-0.2, -0.15) is 0 Å². The summed E-state index contributed by atoms with van der Waals surface area (Å²) in [7, 11) is 2.30. The fourth-order valence-electron chi connectivity index (χ4n) is 3.00. The molecule has 2 unspecified atom stereocenters. The van der Waals surface area contributed by atoms with Crippen molar-refractivity contribution in [3.8, 4) is 0 Å². The Labute approximate surface area is 90.3 Å². The molecule has 3 rings (SSSR count). The zero-order chi connectivity index (χ0) is 9.71. The van der Waals surface area contributed by atoms with Crippen LogP contribution in [0.4, 0.5) is 0 Å². The fraction of sp³-hybridized carbons (Fsp3) is 0.636. The van der Waals surface area contributed by atoms with Crippen molar-refractivity contribution in [2.45, 2.75) is 25.7 Å². The minimum atomic E-state index is 0.892. The van der Waals surface area contributed by atoms with Crippen molar-refractivity contribution in [1.82, 2.24) is 5.32 Å². The van der Waals surface area contributed by atoms with Crippen LogP contribution < -0.4 is 10.8 Å². The SMILES string of the molecule is Bc1c(C)sc2c1CC1CNCCC21. The highest BCUT2D eigenvalue weighted by molar-refractivity contribution is 7.13. The molecule has 2 atom stereocenters. The van der Waals surface area contributed by atoms with E-state index >= 15 is 0 Å². The smallest absolute Gasteiger partial charge is 0.141 e. The summed E-state index contributed by atoms with van der Waals surface area (Å²) < 4.78 is 0. The second-order valence-electron chi connectivity index (χ2n) is 4.69. The molecule has 74 valence electrons. The quantitative estimate of drug-likeness (QED) is 0.610. The molecule has 1 aliphatic carbocycles. The Morgan fingerprint density at radius 2 is 2.36 bits per heavy atom. The first-order valence-corrected chi connectivity index (χ1v) is 6.38. The Balaban J connectivity index is 2.03. The molecule has 0 aromatic carbocycles. The van der Waals surface area contributed by atoms with Crippen LogP contribution in [0, 0.1) is 12.8 Å². The average Bonchev–Trinajstić information content (AvgIpc) is 2.67. The van der Waals surface area contributed by atoms with Gasteiger partial charge in [0.2, 0.25) is 0 Å². The van der Waals surface area contributed by atoms with Crippen LogP contribution in [0.2, 0.25) is 0 Å². The van der Waals surface area contributed by atoms with Gasteiger partial charge in [0.25, 0.3) is 0 Å². The molecule has 0 bridgehead atoms. The number of thiophene rings is 1. The molecule has 1 aliphatic heterocycles. The molecule has 1 nitrogen and oxygen atoms in total. The predicted octanol–water partition coefficient (Wildman–Crippen LogP) is 0.564. The summed E-state index contributed by atoms with van der Waals surface area (Å²) >= 11 is 2.06. The monoisotopic (exact) mass is 205 g/mol. The highest BCUT2D eigenvalue weighted by Crippen LogP contribution is 2.44. The maximum absolute atomic E-state index is 3.52. The van der Waals surface area contributed by atoms with E-state index in [2.05, 4.69) is 31.4 Å². The Hall–Kier alpha value is -0.275. The Bertz CT molecular complexity index is 372. The molecule has 0 spiro atoms. The fourth-order valence-corrected chi connectivity index (χ4v) is 4.43. The second-order valence-corrected chi connectivity index (χ2v) is 5.95. The summed E-state index contributed by atoms with van der Waals surface area (Å²) in [6.07, 6.45) is 2.69. The van der Waals surface area contributed by atoms with Gasteiger partial charge < -0.3 is 5.32 Å². The van der Waals surface area contributed by atoms with Gasteiger partial charge in [-0.3, -0.25) is 0 Å². The van der Waals surface area contributed by atoms with E-state index in [0.29, 0.717) is 0 Å². The van der Waals surface area contributed by atoms with Crippen LogP contribution in [0.25, 0.3) is 0 Å². The van der Waals surface area contributed by atoms with Gasteiger partial charge in [0.15, 0.2) is 0 Å². The van der Waals surface area contributed by atoms with E-state index in [1.807, 2.05) is 0 Å². The van der Waals surface area contributed by atoms with Crippen molar-refractivity contribution in [2.75, 3.05) is 13.1 Å². The van der Waals surface area contributed by atoms with Gasteiger partial charge >= 0.3 is 0 Å². The first kappa shape index (κ1) is 8.99. The summed E-state index contributed by atoms with van der Waals surface area (Å²) in [5.41, 5.74) is 3.28. The molecular formula is C11H16BNS. The molecule has 0 amide bonds. The molecule has 0 radical (unpaired) electrons. The van der Waals surface area contributed by atoms with Crippen molar-refractivity contribution in [2.24, 2.45) is 5.92 Å². The average molecular weight is 205 g/mol. The van der Waals surface area contributed by atoms with E-state index in [4.69, 9.17) is 0 Å². The summed E-state index contributed by atoms with van der Waals surface area (Å²) in [6, 6.07) is 0. The van der Waals surface area contributed by atoms with Crippen LogP contribution in [0.1, 0.15) is 27.7 Å². The summed E-state index contributed by atoms with van der Waals surface area (Å²) in [4.78, 5) is 3.28. The van der Waals surface area contributed by atoms with Crippen LogP contribution in [-0.4, -0.2) is 20.9 Å². The Morgan fingerprint density at radius 3 is 3.21 bits per heavy atom. The van der Waals surface area contributed by atoms with Crippen molar-refractivity contribution in [1.29, 1.82) is 0 Å². The van der Waals surface area contributed by atoms with E-state index in [-0.39, 0.29) is 0 Å². The van der Waals surface area contributed by atoms with Gasteiger partial charge in [-0.1, -0.05) is 5.46 Å². The molecule has 1 aromatic heterocycles.